The molecule has 2 heterocycles. The minimum atomic E-state index is -3.75. The lowest BCUT2D eigenvalue weighted by Gasteiger charge is -2.09. The molecule has 0 aliphatic carbocycles. The molecule has 0 spiro atoms. The molecule has 0 radical (unpaired) electrons. The Hall–Kier alpha value is -1.83. The third-order valence-electron chi connectivity index (χ3n) is 2.95. The fourth-order valence-electron chi connectivity index (χ4n) is 1.94. The number of rotatable bonds is 4. The van der Waals surface area contributed by atoms with E-state index in [1.807, 2.05) is 0 Å². The van der Waals surface area contributed by atoms with Gasteiger partial charge in [0.15, 0.2) is 11.5 Å². The molecule has 1 aliphatic rings. The molecule has 0 saturated heterocycles. The smallest absolute Gasteiger partial charge is 0.243 e. The van der Waals surface area contributed by atoms with Crippen LogP contribution in [-0.4, -0.2) is 20.2 Å². The van der Waals surface area contributed by atoms with Crippen LogP contribution in [-0.2, 0) is 16.6 Å². The van der Waals surface area contributed by atoms with E-state index in [4.69, 9.17) is 21.1 Å². The number of nitrogens with zero attached hydrogens (tertiary/aromatic N) is 1. The quantitative estimate of drug-likeness (QED) is 0.929. The average Bonchev–Trinajstić information content (AvgIpc) is 2.94. The van der Waals surface area contributed by atoms with Gasteiger partial charge in [0.1, 0.15) is 4.90 Å². The highest BCUT2D eigenvalue weighted by Crippen LogP contribution is 2.35. The van der Waals surface area contributed by atoms with Gasteiger partial charge >= 0.3 is 0 Å². The van der Waals surface area contributed by atoms with Crippen molar-refractivity contribution in [3.63, 3.8) is 0 Å². The van der Waals surface area contributed by atoms with E-state index >= 15 is 0 Å². The van der Waals surface area contributed by atoms with Crippen LogP contribution in [0.2, 0.25) is 5.02 Å². The van der Waals surface area contributed by atoms with Gasteiger partial charge in [-0.15, -0.1) is 0 Å². The summed E-state index contributed by atoms with van der Waals surface area (Å²) in [5, 5.41) is 0.121. The summed E-state index contributed by atoms with van der Waals surface area (Å²) in [6.07, 6.45) is 2.64. The number of aromatic nitrogens is 1. The van der Waals surface area contributed by atoms with Crippen molar-refractivity contribution in [1.29, 1.82) is 0 Å². The van der Waals surface area contributed by atoms with E-state index < -0.39 is 10.0 Å². The number of fused-ring (bicyclic) bond motifs is 1. The monoisotopic (exact) mass is 326 g/mol. The van der Waals surface area contributed by atoms with E-state index in [-0.39, 0.29) is 23.3 Å². The zero-order valence-corrected chi connectivity index (χ0v) is 12.3. The maximum atomic E-state index is 12.2. The molecule has 0 fully saturated rings. The third-order valence-corrected chi connectivity index (χ3v) is 4.82. The summed E-state index contributed by atoms with van der Waals surface area (Å²) in [4.78, 5) is 3.72. The van der Waals surface area contributed by atoms with Crippen LogP contribution in [0.25, 0.3) is 0 Å². The first-order valence-electron chi connectivity index (χ1n) is 6.04. The highest BCUT2D eigenvalue weighted by Gasteiger charge is 2.21. The molecular weight excluding hydrogens is 316 g/mol. The highest BCUT2D eigenvalue weighted by atomic mass is 35.5. The van der Waals surface area contributed by atoms with Gasteiger partial charge in [-0.3, -0.25) is 4.98 Å². The second kappa shape index (κ2) is 5.51. The standard InChI is InChI=1S/C13H11ClN2O4S/c14-10-4-5-15-7-12(10)21(17,18)16-6-9-2-1-3-11-13(9)20-8-19-11/h1-5,7,16H,6,8H2. The lowest BCUT2D eigenvalue weighted by Crippen LogP contribution is -2.23. The number of hydrogen-bond acceptors (Lipinski definition) is 5. The summed E-state index contributed by atoms with van der Waals surface area (Å²) in [5.41, 5.74) is 0.689. The largest absolute Gasteiger partial charge is 0.454 e. The average molecular weight is 327 g/mol. The van der Waals surface area contributed by atoms with Crippen molar-refractivity contribution < 1.29 is 17.9 Å². The van der Waals surface area contributed by atoms with Crippen LogP contribution in [0, 0.1) is 0 Å². The molecule has 110 valence electrons. The molecule has 1 aromatic heterocycles. The van der Waals surface area contributed by atoms with Crippen molar-refractivity contribution in [2.24, 2.45) is 0 Å². The van der Waals surface area contributed by atoms with E-state index in [9.17, 15) is 8.42 Å². The van der Waals surface area contributed by atoms with Crippen LogP contribution >= 0.6 is 11.6 Å². The van der Waals surface area contributed by atoms with E-state index in [1.54, 1.807) is 18.2 Å². The molecule has 1 aromatic carbocycles. The summed E-state index contributed by atoms with van der Waals surface area (Å²) in [6.45, 7) is 0.202. The van der Waals surface area contributed by atoms with Gasteiger partial charge in [0.05, 0.1) is 5.02 Å². The van der Waals surface area contributed by atoms with Crippen molar-refractivity contribution in [2.45, 2.75) is 11.4 Å². The van der Waals surface area contributed by atoms with Crippen molar-refractivity contribution in [3.8, 4) is 11.5 Å². The second-order valence-electron chi connectivity index (χ2n) is 4.28. The topological polar surface area (TPSA) is 77.5 Å². The first-order valence-corrected chi connectivity index (χ1v) is 7.91. The minimum absolute atomic E-state index is 0.0589. The molecule has 1 N–H and O–H groups in total. The van der Waals surface area contributed by atoms with Crippen LogP contribution in [0.1, 0.15) is 5.56 Å². The fourth-order valence-corrected chi connectivity index (χ4v) is 3.38. The van der Waals surface area contributed by atoms with Gasteiger partial charge in [0.25, 0.3) is 0 Å². The first-order chi connectivity index (χ1) is 10.1. The molecule has 8 heteroatoms. The molecular formula is C13H11ClN2O4S. The van der Waals surface area contributed by atoms with Gasteiger partial charge in [-0.1, -0.05) is 23.7 Å². The van der Waals surface area contributed by atoms with Crippen molar-refractivity contribution in [1.82, 2.24) is 9.71 Å². The number of halogens is 1. The molecule has 6 nitrogen and oxygen atoms in total. The van der Waals surface area contributed by atoms with Crippen molar-refractivity contribution in [2.75, 3.05) is 6.79 Å². The minimum Gasteiger partial charge on any atom is -0.454 e. The number of sulfonamides is 1. The molecule has 0 unspecified atom stereocenters. The van der Waals surface area contributed by atoms with Crippen LogP contribution < -0.4 is 14.2 Å². The number of ether oxygens (including phenoxy) is 2. The number of benzene rings is 1. The summed E-state index contributed by atoms with van der Waals surface area (Å²) in [6, 6.07) is 6.72. The Morgan fingerprint density at radius 2 is 2.14 bits per heavy atom. The molecule has 0 bridgehead atoms. The van der Waals surface area contributed by atoms with Gasteiger partial charge in [0, 0.05) is 24.5 Å². The fraction of sp³-hybridized carbons (Fsp3) is 0.154. The summed E-state index contributed by atoms with van der Waals surface area (Å²) in [7, 11) is -3.75. The normalized spacial score (nSPS) is 13.4. The lowest BCUT2D eigenvalue weighted by molar-refractivity contribution is 0.173. The summed E-state index contributed by atoms with van der Waals surface area (Å²) in [5.74, 6) is 1.16. The van der Waals surface area contributed by atoms with Gasteiger partial charge in [0.2, 0.25) is 16.8 Å². The lowest BCUT2D eigenvalue weighted by atomic mass is 10.2. The number of nitrogens with one attached hydrogen (secondary N) is 1. The molecule has 1 aliphatic heterocycles. The zero-order valence-electron chi connectivity index (χ0n) is 10.7. The van der Waals surface area contributed by atoms with E-state index in [2.05, 4.69) is 9.71 Å². The van der Waals surface area contributed by atoms with Crippen LogP contribution in [0.4, 0.5) is 0 Å². The van der Waals surface area contributed by atoms with E-state index in [0.29, 0.717) is 17.1 Å². The van der Waals surface area contributed by atoms with Gasteiger partial charge in [-0.05, 0) is 12.1 Å². The predicted octanol–water partition coefficient (Wildman–Crippen LogP) is 1.94. The zero-order chi connectivity index (χ0) is 14.9. The Labute approximate surface area is 126 Å². The van der Waals surface area contributed by atoms with Crippen LogP contribution in [0.5, 0.6) is 11.5 Å². The van der Waals surface area contributed by atoms with E-state index in [1.165, 1.54) is 18.5 Å². The first kappa shape index (κ1) is 14.1. The SMILES string of the molecule is O=S(=O)(NCc1cccc2c1OCO2)c1cnccc1Cl. The second-order valence-corrected chi connectivity index (χ2v) is 6.42. The molecule has 3 rings (SSSR count). The maximum Gasteiger partial charge on any atom is 0.243 e. The number of pyridine rings is 1. The highest BCUT2D eigenvalue weighted by molar-refractivity contribution is 7.89. The summed E-state index contributed by atoms with van der Waals surface area (Å²) < 4.78 is 37.5. The third kappa shape index (κ3) is 2.80. The van der Waals surface area contributed by atoms with Gasteiger partial charge in [-0.25, -0.2) is 13.1 Å². The Bertz CT molecular complexity index is 779. The molecule has 0 saturated carbocycles. The Kier molecular flexibility index (Phi) is 3.71. The van der Waals surface area contributed by atoms with Gasteiger partial charge in [-0.2, -0.15) is 0 Å². The number of para-hydroxylation sites is 1. The predicted molar refractivity (Wildman–Crippen MR) is 75.8 cm³/mol. The molecule has 0 amide bonds. The van der Waals surface area contributed by atoms with Crippen molar-refractivity contribution >= 4 is 21.6 Å². The molecule has 0 atom stereocenters. The Morgan fingerprint density at radius 3 is 2.95 bits per heavy atom. The molecule has 21 heavy (non-hydrogen) atoms. The summed E-state index contributed by atoms with van der Waals surface area (Å²) >= 11 is 5.88. The van der Waals surface area contributed by atoms with E-state index in [0.717, 1.165) is 0 Å². The van der Waals surface area contributed by atoms with Crippen LogP contribution in [0.15, 0.2) is 41.6 Å². The Balaban J connectivity index is 1.82. The molecule has 2 aromatic rings. The van der Waals surface area contributed by atoms with Crippen LogP contribution in [0.3, 0.4) is 0 Å². The van der Waals surface area contributed by atoms with Crippen molar-refractivity contribution in [3.05, 3.63) is 47.2 Å². The number of hydrogen-bond donors (Lipinski definition) is 1. The Morgan fingerprint density at radius 1 is 1.29 bits per heavy atom. The maximum absolute atomic E-state index is 12.2. The van der Waals surface area contributed by atoms with Gasteiger partial charge < -0.3 is 9.47 Å².